The number of amides is 3. The molecule has 1 heterocycles. The number of halogens is 1. The summed E-state index contributed by atoms with van der Waals surface area (Å²) >= 11 is 6.25. The van der Waals surface area contributed by atoms with E-state index in [-0.39, 0.29) is 22.1 Å². The van der Waals surface area contributed by atoms with Crippen molar-refractivity contribution in [1.29, 1.82) is 5.26 Å². The van der Waals surface area contributed by atoms with Crippen LogP contribution < -0.4 is 16.0 Å². The molecule has 3 aromatic carbocycles. The number of carbonyl (C=O) groups excluding carboxylic acids is 3. The molecule has 4 rings (SSSR count). The van der Waals surface area contributed by atoms with Gasteiger partial charge >= 0.3 is 0 Å². The average Bonchev–Trinajstić information content (AvgIpc) is 3.01. The Bertz CT molecular complexity index is 1260. The number of nitrogens with one attached hydrogen (secondary N) is 3. The Labute approximate surface area is 176 Å². The maximum Gasteiger partial charge on any atom is 0.259 e. The molecule has 30 heavy (non-hydrogen) atoms. The zero-order valence-corrected chi connectivity index (χ0v) is 16.1. The molecule has 3 N–H and O–H groups in total. The van der Waals surface area contributed by atoms with E-state index in [1.165, 1.54) is 18.2 Å². The van der Waals surface area contributed by atoms with Gasteiger partial charge in [0.1, 0.15) is 0 Å². The summed E-state index contributed by atoms with van der Waals surface area (Å²) in [6, 6.07) is 18.3. The molecule has 7 nitrogen and oxygen atoms in total. The van der Waals surface area contributed by atoms with Crippen LogP contribution in [0.4, 0.5) is 17.1 Å². The highest BCUT2D eigenvalue weighted by Crippen LogP contribution is 2.31. The quantitative estimate of drug-likeness (QED) is 0.554. The van der Waals surface area contributed by atoms with Crippen molar-refractivity contribution in [3.63, 3.8) is 0 Å². The first-order valence-corrected chi connectivity index (χ1v) is 9.20. The van der Waals surface area contributed by atoms with Crippen molar-refractivity contribution < 1.29 is 14.4 Å². The molecule has 0 unspecified atom stereocenters. The van der Waals surface area contributed by atoms with Crippen molar-refractivity contribution >= 4 is 46.4 Å². The number of hydrogen-bond donors (Lipinski definition) is 3. The van der Waals surface area contributed by atoms with Gasteiger partial charge in [0.05, 0.1) is 33.5 Å². The number of carbonyl (C=O) groups is 3. The van der Waals surface area contributed by atoms with E-state index in [2.05, 4.69) is 16.0 Å². The van der Waals surface area contributed by atoms with E-state index in [9.17, 15) is 14.4 Å². The number of rotatable bonds is 4. The summed E-state index contributed by atoms with van der Waals surface area (Å²) in [6.07, 6.45) is 0. The predicted molar refractivity (Wildman–Crippen MR) is 112 cm³/mol. The van der Waals surface area contributed by atoms with Crippen molar-refractivity contribution in [2.75, 3.05) is 10.6 Å². The number of nitriles is 1. The van der Waals surface area contributed by atoms with Gasteiger partial charge in [-0.15, -0.1) is 0 Å². The highest BCUT2D eigenvalue weighted by Gasteiger charge is 2.28. The fourth-order valence-electron chi connectivity index (χ4n) is 3.05. The molecule has 8 heteroatoms. The van der Waals surface area contributed by atoms with Crippen LogP contribution in [-0.2, 0) is 0 Å². The lowest BCUT2D eigenvalue weighted by molar-refractivity contribution is 0.0878. The Balaban J connectivity index is 1.55. The summed E-state index contributed by atoms with van der Waals surface area (Å²) in [6.45, 7) is 0. The minimum Gasteiger partial charge on any atom is -0.354 e. The maximum absolute atomic E-state index is 12.5. The third-order valence-electron chi connectivity index (χ3n) is 4.48. The Morgan fingerprint density at radius 1 is 0.933 bits per heavy atom. The molecule has 0 aromatic heterocycles. The molecule has 3 aromatic rings. The zero-order chi connectivity index (χ0) is 21.3. The van der Waals surface area contributed by atoms with Gasteiger partial charge in [0, 0.05) is 16.9 Å². The number of nitrogens with zero attached hydrogens (tertiary/aromatic N) is 1. The van der Waals surface area contributed by atoms with Gasteiger partial charge in [-0.2, -0.15) is 5.26 Å². The van der Waals surface area contributed by atoms with Gasteiger partial charge in [0.25, 0.3) is 17.7 Å². The summed E-state index contributed by atoms with van der Waals surface area (Å²) in [5.74, 6) is -1.31. The van der Waals surface area contributed by atoms with Crippen molar-refractivity contribution in [2.24, 2.45) is 0 Å². The van der Waals surface area contributed by atoms with Gasteiger partial charge in [-0.3, -0.25) is 19.7 Å². The molecule has 0 fully saturated rings. The largest absolute Gasteiger partial charge is 0.354 e. The van der Waals surface area contributed by atoms with Crippen LogP contribution >= 0.6 is 11.6 Å². The highest BCUT2D eigenvalue weighted by atomic mass is 35.5. The SMILES string of the molecule is N#Cc1cccc(C(=O)Nc2cccc(Nc3cc4c(cc3Cl)C(=O)NC4=O)c2)c1. The van der Waals surface area contributed by atoms with E-state index in [4.69, 9.17) is 16.9 Å². The minimum atomic E-state index is -0.478. The molecule has 0 aliphatic carbocycles. The molecule has 0 atom stereocenters. The van der Waals surface area contributed by atoms with E-state index in [0.29, 0.717) is 28.2 Å². The molecule has 0 saturated heterocycles. The summed E-state index contributed by atoms with van der Waals surface area (Å²) in [5, 5.41) is 17.3. The zero-order valence-electron chi connectivity index (χ0n) is 15.3. The summed E-state index contributed by atoms with van der Waals surface area (Å²) in [4.78, 5) is 36.1. The smallest absolute Gasteiger partial charge is 0.259 e. The third kappa shape index (κ3) is 3.72. The number of fused-ring (bicyclic) bond motifs is 1. The monoisotopic (exact) mass is 416 g/mol. The van der Waals surface area contributed by atoms with Crippen LogP contribution in [0.15, 0.2) is 60.7 Å². The van der Waals surface area contributed by atoms with Gasteiger partial charge in [-0.1, -0.05) is 23.7 Å². The predicted octanol–water partition coefficient (Wildman–Crippen LogP) is 4.09. The first-order chi connectivity index (χ1) is 14.4. The Kier molecular flexibility index (Phi) is 4.92. The number of benzene rings is 3. The molecule has 3 amide bonds. The van der Waals surface area contributed by atoms with E-state index < -0.39 is 11.8 Å². The van der Waals surface area contributed by atoms with Crippen LogP contribution in [-0.4, -0.2) is 17.7 Å². The third-order valence-corrected chi connectivity index (χ3v) is 4.79. The lowest BCUT2D eigenvalue weighted by Crippen LogP contribution is -2.19. The fourth-order valence-corrected chi connectivity index (χ4v) is 3.26. The van der Waals surface area contributed by atoms with Gasteiger partial charge < -0.3 is 10.6 Å². The van der Waals surface area contributed by atoms with E-state index >= 15 is 0 Å². The van der Waals surface area contributed by atoms with E-state index in [1.54, 1.807) is 42.5 Å². The molecule has 146 valence electrons. The lowest BCUT2D eigenvalue weighted by atomic mass is 10.1. The van der Waals surface area contributed by atoms with Gasteiger partial charge in [0.2, 0.25) is 0 Å². The normalized spacial score (nSPS) is 12.0. The van der Waals surface area contributed by atoms with Gasteiger partial charge in [-0.25, -0.2) is 0 Å². The second-order valence-corrected chi connectivity index (χ2v) is 6.92. The summed E-state index contributed by atoms with van der Waals surface area (Å²) in [7, 11) is 0. The van der Waals surface area contributed by atoms with Crippen LogP contribution in [0, 0.1) is 11.3 Å². The molecule has 0 radical (unpaired) electrons. The second-order valence-electron chi connectivity index (χ2n) is 6.51. The maximum atomic E-state index is 12.5. The molecule has 0 bridgehead atoms. The van der Waals surface area contributed by atoms with Crippen molar-refractivity contribution in [3.8, 4) is 6.07 Å². The van der Waals surface area contributed by atoms with E-state index in [0.717, 1.165) is 0 Å². The first kappa shape index (κ1) is 19.2. The Hall–Kier alpha value is -4.15. The second kappa shape index (κ2) is 7.70. The molecule has 1 aliphatic rings. The molecule has 0 saturated carbocycles. The summed E-state index contributed by atoms with van der Waals surface area (Å²) in [5.41, 5.74) is 2.83. The van der Waals surface area contributed by atoms with E-state index in [1.807, 2.05) is 6.07 Å². The number of anilines is 3. The number of imide groups is 1. The number of hydrogen-bond acceptors (Lipinski definition) is 5. The standard InChI is InChI=1S/C22H13ClN4O3/c23-18-9-16-17(22(30)27-21(16)29)10-19(18)25-14-5-2-6-15(8-14)26-20(28)13-4-1-3-12(7-13)11-24/h1-10,25H,(H,26,28)(H,27,29,30). The molecule has 1 aliphatic heterocycles. The molecule has 0 spiro atoms. The van der Waals surface area contributed by atoms with Crippen molar-refractivity contribution in [3.05, 3.63) is 87.9 Å². The lowest BCUT2D eigenvalue weighted by Gasteiger charge is -2.12. The van der Waals surface area contributed by atoms with Crippen LogP contribution in [0.1, 0.15) is 36.6 Å². The van der Waals surface area contributed by atoms with Crippen LogP contribution in [0.5, 0.6) is 0 Å². The molecular weight excluding hydrogens is 404 g/mol. The van der Waals surface area contributed by atoms with Crippen LogP contribution in [0.2, 0.25) is 5.02 Å². The molecular formula is C22H13ClN4O3. The fraction of sp³-hybridized carbons (Fsp3) is 0. The van der Waals surface area contributed by atoms with Crippen molar-refractivity contribution in [2.45, 2.75) is 0 Å². The summed E-state index contributed by atoms with van der Waals surface area (Å²) < 4.78 is 0. The minimum absolute atomic E-state index is 0.233. The van der Waals surface area contributed by atoms with Crippen LogP contribution in [0.3, 0.4) is 0 Å². The van der Waals surface area contributed by atoms with Crippen LogP contribution in [0.25, 0.3) is 0 Å². The first-order valence-electron chi connectivity index (χ1n) is 8.82. The topological polar surface area (TPSA) is 111 Å². The van der Waals surface area contributed by atoms with Gasteiger partial charge in [-0.05, 0) is 48.5 Å². The van der Waals surface area contributed by atoms with Crippen molar-refractivity contribution in [1.82, 2.24) is 5.32 Å². The average molecular weight is 417 g/mol. The Morgan fingerprint density at radius 2 is 1.63 bits per heavy atom. The highest BCUT2D eigenvalue weighted by molar-refractivity contribution is 6.35. The van der Waals surface area contributed by atoms with Gasteiger partial charge in [0.15, 0.2) is 0 Å². The Morgan fingerprint density at radius 3 is 2.40 bits per heavy atom.